The van der Waals surface area contributed by atoms with Crippen molar-refractivity contribution < 1.29 is 4.79 Å². The summed E-state index contributed by atoms with van der Waals surface area (Å²) in [6, 6.07) is 0. The zero-order chi connectivity index (χ0) is 11.8. The summed E-state index contributed by atoms with van der Waals surface area (Å²) >= 11 is 0. The van der Waals surface area contributed by atoms with Crippen molar-refractivity contribution in [1.29, 1.82) is 0 Å². The average molecular weight is 224 g/mol. The number of rotatable bonds is 5. The molecule has 0 saturated heterocycles. The number of carbonyl (C=O) groups is 1. The molecule has 2 fully saturated rings. The fourth-order valence-electron chi connectivity index (χ4n) is 2.99. The van der Waals surface area contributed by atoms with E-state index in [0.29, 0.717) is 18.4 Å². The number of carbonyl (C=O) groups excluding carboxylic acids is 1. The van der Waals surface area contributed by atoms with Gasteiger partial charge in [0.05, 0.1) is 5.41 Å². The van der Waals surface area contributed by atoms with E-state index in [9.17, 15) is 4.79 Å². The molecule has 1 unspecified atom stereocenters. The second-order valence-electron chi connectivity index (χ2n) is 6.02. The SMILES string of the molecule is CC1CC(CN)(C(=O)NCC(C)C2CC2)C1. The van der Waals surface area contributed by atoms with Crippen LogP contribution in [0.15, 0.2) is 0 Å². The molecular weight excluding hydrogens is 200 g/mol. The van der Waals surface area contributed by atoms with E-state index in [4.69, 9.17) is 5.73 Å². The van der Waals surface area contributed by atoms with Crippen LogP contribution in [0.25, 0.3) is 0 Å². The first-order valence-electron chi connectivity index (χ1n) is 6.56. The summed E-state index contributed by atoms with van der Waals surface area (Å²) in [5.74, 6) is 2.35. The lowest BCUT2D eigenvalue weighted by Crippen LogP contribution is -2.54. The summed E-state index contributed by atoms with van der Waals surface area (Å²) in [7, 11) is 0. The summed E-state index contributed by atoms with van der Waals surface area (Å²) in [4.78, 5) is 12.1. The van der Waals surface area contributed by atoms with Gasteiger partial charge in [-0.2, -0.15) is 0 Å². The second kappa shape index (κ2) is 4.36. The molecular formula is C13H24N2O. The first-order chi connectivity index (χ1) is 7.57. The van der Waals surface area contributed by atoms with Crippen LogP contribution in [-0.2, 0) is 4.79 Å². The van der Waals surface area contributed by atoms with Gasteiger partial charge in [0.25, 0.3) is 0 Å². The van der Waals surface area contributed by atoms with Crippen LogP contribution >= 0.6 is 0 Å². The van der Waals surface area contributed by atoms with Crippen molar-refractivity contribution in [3.8, 4) is 0 Å². The number of nitrogens with one attached hydrogen (secondary N) is 1. The molecule has 2 aliphatic carbocycles. The lowest BCUT2D eigenvalue weighted by atomic mass is 9.62. The largest absolute Gasteiger partial charge is 0.355 e. The average Bonchev–Trinajstić information content (AvgIpc) is 3.04. The summed E-state index contributed by atoms with van der Waals surface area (Å²) in [5, 5.41) is 3.10. The molecule has 3 heteroatoms. The van der Waals surface area contributed by atoms with Crippen LogP contribution in [0.1, 0.15) is 39.5 Å². The predicted octanol–water partition coefficient (Wildman–Crippen LogP) is 1.52. The molecule has 1 amide bonds. The molecule has 2 aliphatic rings. The molecule has 0 aromatic rings. The molecule has 92 valence electrons. The zero-order valence-corrected chi connectivity index (χ0v) is 10.5. The molecule has 0 bridgehead atoms. The molecule has 3 nitrogen and oxygen atoms in total. The number of nitrogens with two attached hydrogens (primary N) is 1. The van der Waals surface area contributed by atoms with Gasteiger partial charge in [-0.3, -0.25) is 4.79 Å². The van der Waals surface area contributed by atoms with Crippen LogP contribution in [0.2, 0.25) is 0 Å². The first kappa shape index (κ1) is 11.9. The predicted molar refractivity (Wildman–Crippen MR) is 64.8 cm³/mol. The van der Waals surface area contributed by atoms with Gasteiger partial charge in [-0.25, -0.2) is 0 Å². The Balaban J connectivity index is 1.78. The van der Waals surface area contributed by atoms with Gasteiger partial charge in [0.15, 0.2) is 0 Å². The Hall–Kier alpha value is -0.570. The van der Waals surface area contributed by atoms with Crippen molar-refractivity contribution in [1.82, 2.24) is 5.32 Å². The monoisotopic (exact) mass is 224 g/mol. The molecule has 0 heterocycles. The molecule has 0 spiro atoms. The third kappa shape index (κ3) is 2.24. The van der Waals surface area contributed by atoms with E-state index in [1.807, 2.05) is 0 Å². The Morgan fingerprint density at radius 1 is 1.50 bits per heavy atom. The molecule has 0 aromatic carbocycles. The highest BCUT2D eigenvalue weighted by Crippen LogP contribution is 2.45. The molecule has 16 heavy (non-hydrogen) atoms. The van der Waals surface area contributed by atoms with Crippen LogP contribution in [0.4, 0.5) is 0 Å². The number of amides is 1. The summed E-state index contributed by atoms with van der Waals surface area (Å²) < 4.78 is 0. The van der Waals surface area contributed by atoms with Crippen molar-refractivity contribution >= 4 is 5.91 Å². The van der Waals surface area contributed by atoms with Gasteiger partial charge in [-0.05, 0) is 43.4 Å². The lowest BCUT2D eigenvalue weighted by molar-refractivity contribution is -0.138. The van der Waals surface area contributed by atoms with Crippen LogP contribution in [0, 0.1) is 23.2 Å². The summed E-state index contributed by atoms with van der Waals surface area (Å²) in [6.45, 7) is 5.76. The van der Waals surface area contributed by atoms with Gasteiger partial charge >= 0.3 is 0 Å². The van der Waals surface area contributed by atoms with Crippen LogP contribution in [0.3, 0.4) is 0 Å². The molecule has 0 aliphatic heterocycles. The molecule has 1 atom stereocenters. The molecule has 2 saturated carbocycles. The quantitative estimate of drug-likeness (QED) is 0.744. The second-order valence-corrected chi connectivity index (χ2v) is 6.02. The highest BCUT2D eigenvalue weighted by atomic mass is 16.2. The van der Waals surface area contributed by atoms with E-state index in [-0.39, 0.29) is 11.3 Å². The van der Waals surface area contributed by atoms with Gasteiger partial charge in [-0.15, -0.1) is 0 Å². The minimum Gasteiger partial charge on any atom is -0.355 e. The van der Waals surface area contributed by atoms with Crippen LogP contribution < -0.4 is 11.1 Å². The van der Waals surface area contributed by atoms with Gasteiger partial charge in [0.2, 0.25) is 5.91 Å². The van der Waals surface area contributed by atoms with E-state index < -0.39 is 0 Å². The standard InChI is InChI=1S/C13H24N2O/c1-9-5-13(6-9,8-14)12(16)15-7-10(2)11-3-4-11/h9-11H,3-8,14H2,1-2H3,(H,15,16). The normalized spacial score (nSPS) is 35.3. The molecule has 0 aromatic heterocycles. The topological polar surface area (TPSA) is 55.1 Å². The Morgan fingerprint density at radius 2 is 2.12 bits per heavy atom. The smallest absolute Gasteiger partial charge is 0.227 e. The highest BCUT2D eigenvalue weighted by Gasteiger charge is 2.47. The van der Waals surface area contributed by atoms with Gasteiger partial charge in [-0.1, -0.05) is 13.8 Å². The third-order valence-electron chi connectivity index (χ3n) is 4.36. The van der Waals surface area contributed by atoms with E-state index in [0.717, 1.165) is 25.3 Å². The first-order valence-corrected chi connectivity index (χ1v) is 6.56. The zero-order valence-electron chi connectivity index (χ0n) is 10.5. The van der Waals surface area contributed by atoms with Crippen molar-refractivity contribution in [2.45, 2.75) is 39.5 Å². The van der Waals surface area contributed by atoms with Crippen molar-refractivity contribution in [3.05, 3.63) is 0 Å². The minimum atomic E-state index is -0.233. The molecule has 0 radical (unpaired) electrons. The lowest BCUT2D eigenvalue weighted by Gasteiger charge is -2.44. The van der Waals surface area contributed by atoms with E-state index in [2.05, 4.69) is 19.2 Å². The third-order valence-corrected chi connectivity index (χ3v) is 4.36. The van der Waals surface area contributed by atoms with Gasteiger partial charge in [0, 0.05) is 13.1 Å². The number of hydrogen-bond acceptors (Lipinski definition) is 2. The van der Waals surface area contributed by atoms with Crippen molar-refractivity contribution in [3.63, 3.8) is 0 Å². The Kier molecular flexibility index (Phi) is 3.24. The van der Waals surface area contributed by atoms with Crippen LogP contribution in [-0.4, -0.2) is 19.0 Å². The van der Waals surface area contributed by atoms with E-state index in [1.54, 1.807) is 0 Å². The maximum Gasteiger partial charge on any atom is 0.227 e. The highest BCUT2D eigenvalue weighted by molar-refractivity contribution is 5.83. The fraction of sp³-hybridized carbons (Fsp3) is 0.923. The summed E-state index contributed by atoms with van der Waals surface area (Å²) in [6.07, 6.45) is 4.62. The van der Waals surface area contributed by atoms with Crippen molar-refractivity contribution in [2.75, 3.05) is 13.1 Å². The fourth-order valence-corrected chi connectivity index (χ4v) is 2.99. The minimum absolute atomic E-state index is 0.195. The Bertz CT molecular complexity index is 267. The summed E-state index contributed by atoms with van der Waals surface area (Å²) in [5.41, 5.74) is 5.52. The maximum absolute atomic E-state index is 12.1. The Morgan fingerprint density at radius 3 is 2.56 bits per heavy atom. The van der Waals surface area contributed by atoms with E-state index in [1.165, 1.54) is 12.8 Å². The molecule has 2 rings (SSSR count). The van der Waals surface area contributed by atoms with Crippen molar-refractivity contribution in [2.24, 2.45) is 28.9 Å². The maximum atomic E-state index is 12.1. The van der Waals surface area contributed by atoms with Crippen LogP contribution in [0.5, 0.6) is 0 Å². The number of hydrogen-bond donors (Lipinski definition) is 2. The van der Waals surface area contributed by atoms with E-state index >= 15 is 0 Å². The Labute approximate surface area is 98.2 Å². The van der Waals surface area contributed by atoms with Gasteiger partial charge in [0.1, 0.15) is 0 Å². The van der Waals surface area contributed by atoms with Gasteiger partial charge < -0.3 is 11.1 Å². The molecule has 3 N–H and O–H groups in total.